The lowest BCUT2D eigenvalue weighted by Gasteiger charge is -2.08. The van der Waals surface area contributed by atoms with Crippen LogP contribution in [-0.2, 0) is 20.5 Å². The first-order valence-electron chi connectivity index (χ1n) is 6.50. The third-order valence-corrected chi connectivity index (χ3v) is 4.20. The first kappa shape index (κ1) is 10.0. The molecule has 1 aliphatic carbocycles. The number of aryl methyl sites for hydroxylation is 3. The van der Waals surface area contributed by atoms with Crippen LogP contribution in [0.5, 0.6) is 0 Å². The predicted molar refractivity (Wildman–Crippen MR) is 76.8 cm³/mol. The molecular weight excluding hydrogens is 220 g/mol. The largest absolute Gasteiger partial charge is 0.330 e. The summed E-state index contributed by atoms with van der Waals surface area (Å²) < 4.78 is 4.65. The van der Waals surface area contributed by atoms with Crippen molar-refractivity contribution in [3.05, 3.63) is 41.6 Å². The summed E-state index contributed by atoms with van der Waals surface area (Å²) in [6.07, 6.45) is 6.88. The smallest absolute Gasteiger partial charge is 0.121 e. The molecule has 1 aliphatic rings. The summed E-state index contributed by atoms with van der Waals surface area (Å²) in [5.74, 6) is 0. The van der Waals surface area contributed by atoms with Gasteiger partial charge in [0.1, 0.15) is 5.65 Å². The fourth-order valence-electron chi connectivity index (χ4n) is 3.40. The Bertz CT molecular complexity index is 800. The van der Waals surface area contributed by atoms with Crippen molar-refractivity contribution in [3.63, 3.8) is 0 Å². The monoisotopic (exact) mass is 236 g/mol. The van der Waals surface area contributed by atoms with Crippen LogP contribution in [0.3, 0.4) is 0 Å². The maximum atomic E-state index is 2.33. The van der Waals surface area contributed by atoms with E-state index in [2.05, 4.69) is 59.6 Å². The molecule has 0 amide bonds. The van der Waals surface area contributed by atoms with E-state index in [1.165, 1.54) is 33.2 Å². The summed E-state index contributed by atoms with van der Waals surface area (Å²) in [5, 5.41) is 2.84. The van der Waals surface area contributed by atoms with Crippen LogP contribution in [0.4, 0.5) is 0 Å². The Kier molecular flexibility index (Phi) is 1.83. The quantitative estimate of drug-likeness (QED) is 0.564. The fourth-order valence-corrected chi connectivity index (χ4v) is 3.40. The number of aromatic nitrogens is 2. The van der Waals surface area contributed by atoms with E-state index >= 15 is 0 Å². The van der Waals surface area contributed by atoms with Gasteiger partial charge in [0.2, 0.25) is 0 Å². The molecule has 2 nitrogen and oxygen atoms in total. The molecule has 0 radical (unpaired) electrons. The molecule has 2 heteroatoms. The van der Waals surface area contributed by atoms with Crippen LogP contribution in [0.2, 0.25) is 0 Å². The highest BCUT2D eigenvalue weighted by Crippen LogP contribution is 2.36. The van der Waals surface area contributed by atoms with E-state index in [0.29, 0.717) is 0 Å². The van der Waals surface area contributed by atoms with E-state index in [4.69, 9.17) is 0 Å². The van der Waals surface area contributed by atoms with Crippen molar-refractivity contribution in [1.29, 1.82) is 0 Å². The number of fused-ring (bicyclic) bond motifs is 5. The minimum absolute atomic E-state index is 1.16. The number of rotatable bonds is 0. The summed E-state index contributed by atoms with van der Waals surface area (Å²) in [6, 6.07) is 8.71. The van der Waals surface area contributed by atoms with Crippen LogP contribution in [0, 0.1) is 0 Å². The van der Waals surface area contributed by atoms with Gasteiger partial charge in [0, 0.05) is 30.6 Å². The zero-order valence-corrected chi connectivity index (χ0v) is 10.8. The van der Waals surface area contributed by atoms with Crippen LogP contribution < -0.4 is 0 Å². The van der Waals surface area contributed by atoms with Gasteiger partial charge < -0.3 is 9.13 Å². The summed E-state index contributed by atoms with van der Waals surface area (Å²) in [4.78, 5) is 0. The number of hydrogen-bond donors (Lipinski definition) is 0. The topological polar surface area (TPSA) is 9.86 Å². The number of benzene rings is 1. The Balaban J connectivity index is 2.31. The van der Waals surface area contributed by atoms with E-state index in [9.17, 15) is 0 Å². The van der Waals surface area contributed by atoms with Gasteiger partial charge in [0.25, 0.3) is 0 Å². The van der Waals surface area contributed by atoms with Gasteiger partial charge in [0.15, 0.2) is 0 Å². The van der Waals surface area contributed by atoms with Gasteiger partial charge in [-0.2, -0.15) is 0 Å². The van der Waals surface area contributed by atoms with E-state index in [1.54, 1.807) is 0 Å². The van der Waals surface area contributed by atoms with Gasteiger partial charge in [0.05, 0.1) is 5.52 Å². The zero-order valence-electron chi connectivity index (χ0n) is 10.8. The minimum atomic E-state index is 1.16. The summed E-state index contributed by atoms with van der Waals surface area (Å²) >= 11 is 0. The summed E-state index contributed by atoms with van der Waals surface area (Å²) in [7, 11) is 4.34. The number of hydrogen-bond acceptors (Lipinski definition) is 0. The van der Waals surface area contributed by atoms with Gasteiger partial charge in [-0.05, 0) is 30.5 Å². The minimum Gasteiger partial charge on any atom is -0.330 e. The second-order valence-corrected chi connectivity index (χ2v) is 5.14. The maximum Gasteiger partial charge on any atom is 0.121 e. The predicted octanol–water partition coefficient (Wildman–Crippen LogP) is 3.63. The Morgan fingerprint density at radius 1 is 1.06 bits per heavy atom. The first-order valence-corrected chi connectivity index (χ1v) is 6.50. The van der Waals surface area contributed by atoms with Crippen LogP contribution in [-0.4, -0.2) is 9.13 Å². The van der Waals surface area contributed by atoms with Crippen molar-refractivity contribution in [2.75, 3.05) is 0 Å². The number of allylic oxidation sites excluding steroid dienone is 1. The van der Waals surface area contributed by atoms with Gasteiger partial charge in [-0.15, -0.1) is 0 Å². The average molecular weight is 236 g/mol. The third-order valence-electron chi connectivity index (χ3n) is 4.20. The van der Waals surface area contributed by atoms with Crippen LogP contribution in [0.1, 0.15) is 17.7 Å². The third kappa shape index (κ3) is 1.03. The van der Waals surface area contributed by atoms with Crippen molar-refractivity contribution >= 4 is 28.0 Å². The van der Waals surface area contributed by atoms with Crippen LogP contribution in [0.25, 0.3) is 28.0 Å². The Labute approximate surface area is 106 Å². The fraction of sp³-hybridized carbons (Fsp3) is 0.250. The van der Waals surface area contributed by atoms with Crippen molar-refractivity contribution < 1.29 is 0 Å². The molecule has 0 fully saturated rings. The lowest BCUT2D eigenvalue weighted by atomic mass is 10.0. The standard InChI is InChI=1S/C16H16N2/c1-17-13-9-5-3-7-11(13)15-12-8-4-6-10-14(12)18(2)16(15)17/h3,5-7,9-10H,4,8H2,1-2H3. The molecule has 0 N–H and O–H groups in total. The normalized spacial score (nSPS) is 14.6. The Morgan fingerprint density at radius 2 is 1.89 bits per heavy atom. The molecule has 0 spiro atoms. The van der Waals surface area contributed by atoms with Crippen molar-refractivity contribution in [1.82, 2.24) is 9.13 Å². The molecule has 0 saturated carbocycles. The SMILES string of the molecule is Cn1c2c(c3c4ccccc4n(C)c31)CCC=C2. The number of para-hydroxylation sites is 1. The molecule has 2 heterocycles. The van der Waals surface area contributed by atoms with E-state index in [0.717, 1.165) is 12.8 Å². The molecular formula is C16H16N2. The molecule has 0 aliphatic heterocycles. The van der Waals surface area contributed by atoms with Gasteiger partial charge in [-0.3, -0.25) is 0 Å². The zero-order chi connectivity index (χ0) is 12.3. The summed E-state index contributed by atoms with van der Waals surface area (Å²) in [6.45, 7) is 0. The molecule has 0 saturated heterocycles. The Morgan fingerprint density at radius 3 is 2.78 bits per heavy atom. The maximum absolute atomic E-state index is 2.33. The second-order valence-electron chi connectivity index (χ2n) is 5.14. The average Bonchev–Trinajstić information content (AvgIpc) is 2.87. The summed E-state index contributed by atoms with van der Waals surface area (Å²) in [5.41, 5.74) is 5.57. The molecule has 0 atom stereocenters. The Hall–Kier alpha value is -1.96. The lowest BCUT2D eigenvalue weighted by Crippen LogP contribution is -2.00. The van der Waals surface area contributed by atoms with Crippen molar-refractivity contribution in [2.45, 2.75) is 12.8 Å². The second kappa shape index (κ2) is 3.29. The molecule has 4 rings (SSSR count). The van der Waals surface area contributed by atoms with E-state index < -0.39 is 0 Å². The highest BCUT2D eigenvalue weighted by Gasteiger charge is 2.20. The molecule has 3 aromatic rings. The van der Waals surface area contributed by atoms with E-state index in [1.807, 2.05) is 0 Å². The first-order chi connectivity index (χ1) is 8.79. The molecule has 2 aromatic heterocycles. The van der Waals surface area contributed by atoms with E-state index in [-0.39, 0.29) is 0 Å². The molecule has 0 unspecified atom stereocenters. The van der Waals surface area contributed by atoms with Crippen molar-refractivity contribution in [2.24, 2.45) is 14.1 Å². The number of nitrogens with zero attached hydrogens (tertiary/aromatic N) is 2. The van der Waals surface area contributed by atoms with Crippen molar-refractivity contribution in [3.8, 4) is 0 Å². The highest BCUT2D eigenvalue weighted by molar-refractivity contribution is 6.10. The molecule has 18 heavy (non-hydrogen) atoms. The highest BCUT2D eigenvalue weighted by atomic mass is 15.1. The molecule has 0 bridgehead atoms. The van der Waals surface area contributed by atoms with Crippen LogP contribution in [0.15, 0.2) is 30.3 Å². The molecule has 1 aromatic carbocycles. The lowest BCUT2D eigenvalue weighted by molar-refractivity contribution is 0.861. The van der Waals surface area contributed by atoms with Gasteiger partial charge in [-0.25, -0.2) is 0 Å². The van der Waals surface area contributed by atoms with Gasteiger partial charge in [-0.1, -0.05) is 24.3 Å². The molecule has 90 valence electrons. The van der Waals surface area contributed by atoms with Crippen LogP contribution >= 0.6 is 0 Å². The van der Waals surface area contributed by atoms with Gasteiger partial charge >= 0.3 is 0 Å².